The molecule has 21 nitrogen and oxygen atoms in total. The molecule has 5 saturated carbocycles. The van der Waals surface area contributed by atoms with E-state index in [-0.39, 0.29) is 62.1 Å². The number of fused-ring (bicyclic) bond motifs is 25. The normalized spacial score (nSPS) is 26.8. The predicted molar refractivity (Wildman–Crippen MR) is 446 cm³/mol. The Labute approximate surface area is 709 Å². The molecular formula is C92H102Cl2F6N16O5. The second-order valence-electron chi connectivity index (χ2n) is 36.6. The number of alkyl halides is 6. The molecule has 0 spiro atoms. The van der Waals surface area contributed by atoms with Crippen LogP contribution < -0.4 is 26.6 Å². The summed E-state index contributed by atoms with van der Waals surface area (Å²) in [5, 5.41) is 36.1. The molecule has 10 bridgehead atoms. The van der Waals surface area contributed by atoms with Crippen molar-refractivity contribution in [2.45, 2.75) is 210 Å². The van der Waals surface area contributed by atoms with Gasteiger partial charge in [-0.2, -0.15) is 25.5 Å². The van der Waals surface area contributed by atoms with E-state index in [1.54, 1.807) is 47.6 Å². The summed E-state index contributed by atoms with van der Waals surface area (Å²) in [5.41, 5.74) is 11.6. The van der Waals surface area contributed by atoms with E-state index in [2.05, 4.69) is 175 Å². The highest BCUT2D eigenvalue weighted by Gasteiger charge is 2.67. The Morgan fingerprint density at radius 2 is 0.752 bits per heavy atom. The van der Waals surface area contributed by atoms with Crippen LogP contribution in [0, 0.1) is 41.9 Å². The lowest BCUT2D eigenvalue weighted by molar-refractivity contribution is 0.0793. The Balaban J connectivity index is 0.000000112. The topological polar surface area (TPSA) is 247 Å². The average molecular weight is 1700 g/mol. The number of nitrogens with one attached hydrogen (secondary N) is 5. The largest absolute Gasteiger partial charge is 0.342 e. The van der Waals surface area contributed by atoms with Crippen LogP contribution in [0.2, 0.25) is 10.3 Å². The van der Waals surface area contributed by atoms with E-state index in [4.69, 9.17) is 23.2 Å². The van der Waals surface area contributed by atoms with Crippen molar-refractivity contribution in [3.8, 4) is 0 Å². The number of halogens is 8. The van der Waals surface area contributed by atoms with Crippen molar-refractivity contribution < 1.29 is 50.3 Å². The number of hydrogen-bond donors (Lipinski definition) is 5. The summed E-state index contributed by atoms with van der Waals surface area (Å²) in [6.07, 6.45) is 10.2. The Morgan fingerprint density at radius 3 is 1.14 bits per heavy atom. The lowest BCUT2D eigenvalue weighted by atomic mass is 9.74. The van der Waals surface area contributed by atoms with Crippen LogP contribution in [-0.2, 0) is 62.9 Å². The maximum atomic E-state index is 13.3. The van der Waals surface area contributed by atoms with Crippen LogP contribution in [-0.4, -0.2) is 83.4 Å². The Morgan fingerprint density at radius 1 is 0.413 bits per heavy atom. The van der Waals surface area contributed by atoms with Gasteiger partial charge in [0.05, 0.1) is 73.6 Å². The first-order valence-electron chi connectivity index (χ1n) is 41.5. The summed E-state index contributed by atoms with van der Waals surface area (Å²) < 4.78 is 86.0. The Kier molecular flexibility index (Phi) is 21.1. The Bertz CT molecular complexity index is 5690. The average Bonchev–Trinajstić information content (AvgIpc) is 1.41. The monoisotopic (exact) mass is 1690 g/mol. The van der Waals surface area contributed by atoms with Gasteiger partial charge in [0.15, 0.2) is 0 Å². The molecule has 121 heavy (non-hydrogen) atoms. The lowest BCUT2D eigenvalue weighted by Crippen LogP contribution is -2.51. The SMILES string of the molecule is CC1C2CCC1(NC(=O)c1cn(C)nc1C(F)F)c1ccccc12.CC1C2CCC1(NC(=O)c1cn(C)nc1C(F)F)c1ccccc12.Cc1cccc2c1C1CCC2(NC(=O)c2cn(C)nc2C(F)F)C1(C)C.Cc1cccc2c1C1CCC2(NC(=O)c2cnn(C)c2Cl)C1(C)C.Cn1ncc(C(=O)NC23CCC(c4cccnc42)C3(C)C)c1Cl. The number of amides is 5. The van der Waals surface area contributed by atoms with E-state index >= 15 is 0 Å². The minimum atomic E-state index is -2.78. The third kappa shape index (κ3) is 12.8. The summed E-state index contributed by atoms with van der Waals surface area (Å²) in [7, 11) is 8.09. The second kappa shape index (κ2) is 30.3. The van der Waals surface area contributed by atoms with Gasteiger partial charge >= 0.3 is 0 Å². The molecule has 12 unspecified atom stereocenters. The zero-order chi connectivity index (χ0) is 86.7. The van der Waals surface area contributed by atoms with Gasteiger partial charge in [0.2, 0.25) is 0 Å². The molecular weight excluding hydrogens is 1590 g/mol. The molecule has 6 aromatic heterocycles. The molecule has 5 fully saturated rings. The van der Waals surface area contributed by atoms with Crippen molar-refractivity contribution in [2.24, 2.45) is 63.3 Å². The number of nitrogens with zero attached hydrogens (tertiary/aromatic N) is 11. The number of carbonyl (C=O) groups is 5. The summed E-state index contributed by atoms with van der Waals surface area (Å²) in [6.45, 7) is 21.9. The molecule has 29 heteroatoms. The van der Waals surface area contributed by atoms with Crippen molar-refractivity contribution in [3.63, 3.8) is 0 Å². The lowest BCUT2D eigenvalue weighted by Gasteiger charge is -2.39. The van der Waals surface area contributed by atoms with Crippen LogP contribution in [0.4, 0.5) is 26.3 Å². The molecule has 5 amide bonds. The van der Waals surface area contributed by atoms with Crippen molar-refractivity contribution >= 4 is 52.7 Å². The number of carbonyl (C=O) groups excluding carboxylic acids is 5. The van der Waals surface area contributed by atoms with Crippen molar-refractivity contribution in [3.05, 3.63) is 256 Å². The minimum Gasteiger partial charge on any atom is -0.342 e. The molecule has 0 radical (unpaired) electrons. The van der Waals surface area contributed by atoms with Crippen LogP contribution in [0.1, 0.15) is 304 Å². The maximum absolute atomic E-state index is 13.3. The fraction of sp³-hybridized carbons (Fsp3) is 0.467. The summed E-state index contributed by atoms with van der Waals surface area (Å²) >= 11 is 12.4. The third-order valence-electron chi connectivity index (χ3n) is 30.2. The van der Waals surface area contributed by atoms with Gasteiger partial charge in [0, 0.05) is 65.4 Å². The molecule has 10 aliphatic carbocycles. The highest BCUT2D eigenvalue weighted by molar-refractivity contribution is 6.33. The molecule has 0 aliphatic heterocycles. The highest BCUT2D eigenvalue weighted by Crippen LogP contribution is 2.70. The van der Waals surface area contributed by atoms with Crippen LogP contribution in [0.15, 0.2) is 134 Å². The second-order valence-corrected chi connectivity index (χ2v) is 37.3. The number of rotatable bonds is 13. The quantitative estimate of drug-likeness (QED) is 0.0679. The van der Waals surface area contributed by atoms with Gasteiger partial charge in [-0.25, -0.2) is 26.3 Å². The van der Waals surface area contributed by atoms with Crippen LogP contribution >= 0.6 is 23.2 Å². The number of aryl methyl sites for hydroxylation is 7. The molecule has 10 aromatic rings. The fourth-order valence-corrected chi connectivity index (χ4v) is 24.2. The summed E-state index contributed by atoms with van der Waals surface area (Å²) in [4.78, 5) is 69.0. The van der Waals surface area contributed by atoms with Crippen molar-refractivity contribution in [1.29, 1.82) is 0 Å². The van der Waals surface area contributed by atoms with E-state index in [1.807, 2.05) is 48.5 Å². The first-order valence-corrected chi connectivity index (χ1v) is 42.3. The molecule has 12 atom stereocenters. The van der Waals surface area contributed by atoms with Gasteiger partial charge < -0.3 is 26.6 Å². The molecule has 636 valence electrons. The van der Waals surface area contributed by atoms with E-state index in [0.717, 1.165) is 86.6 Å². The van der Waals surface area contributed by atoms with E-state index in [9.17, 15) is 50.3 Å². The van der Waals surface area contributed by atoms with E-state index in [0.29, 0.717) is 51.0 Å². The molecule has 20 rings (SSSR count). The standard InChI is InChI=1S/C20H23F2N3O.C19H22ClN3O.2C18H19F2N3O.C17H19ClN4O/c1-11-6-5-7-14-15(11)13-8-9-20(14,19(13,2)3)23-18(26)12-10-25(4)24-16(12)17(21)22;1-11-6-5-7-14-15(11)13-8-9-19(14,18(13,2)3)22-17(24)12-10-21-23(4)16(12)20;2*1-10-11-7-8-18(10,14-6-4-3-5-12(11)14)21-17(24)13-9-23(2)22-15(13)16(19)20;1-16(2)12-6-7-17(16,13-10(12)5-4-8-19-13)21-15(23)11-9-20-22(3)14(11)18/h5-7,10,13,17H,8-9H2,1-4H3,(H,23,26);5-7,10,13H,8-9H2,1-4H3,(H,22,24);2*3-6,9-11,16H,7-8H2,1-2H3,(H,21,24);4-5,8-9,12H,6-7H2,1-3H3,(H,21,23). The molecule has 4 aromatic carbocycles. The number of benzene rings is 4. The first kappa shape index (κ1) is 84.2. The first-order chi connectivity index (χ1) is 57.2. The molecule has 6 heterocycles. The van der Waals surface area contributed by atoms with E-state index in [1.165, 1.54) is 92.7 Å². The highest BCUT2D eigenvalue weighted by atomic mass is 35.5. The zero-order valence-electron chi connectivity index (χ0n) is 70.5. The number of aromatic nitrogens is 11. The van der Waals surface area contributed by atoms with Gasteiger partial charge in [-0.15, -0.1) is 0 Å². The molecule has 5 N–H and O–H groups in total. The smallest absolute Gasteiger partial charge is 0.282 e. The van der Waals surface area contributed by atoms with Gasteiger partial charge in [-0.05, 0) is 198 Å². The van der Waals surface area contributed by atoms with Crippen LogP contribution in [0.25, 0.3) is 0 Å². The molecule has 0 saturated heterocycles. The molecule has 10 aliphatic rings. The van der Waals surface area contributed by atoms with Crippen molar-refractivity contribution in [2.75, 3.05) is 0 Å². The van der Waals surface area contributed by atoms with Crippen LogP contribution in [0.5, 0.6) is 0 Å². The minimum absolute atomic E-state index is 0.0220. The van der Waals surface area contributed by atoms with Crippen molar-refractivity contribution in [1.82, 2.24) is 80.5 Å². The Hall–Kier alpha value is -10.4. The van der Waals surface area contributed by atoms with Crippen LogP contribution in [0.3, 0.4) is 0 Å². The maximum Gasteiger partial charge on any atom is 0.282 e. The summed E-state index contributed by atoms with van der Waals surface area (Å²) in [5.74, 6) is 0.885. The van der Waals surface area contributed by atoms with E-state index < -0.39 is 76.2 Å². The summed E-state index contributed by atoms with van der Waals surface area (Å²) in [6, 6.07) is 33.0. The van der Waals surface area contributed by atoms with Gasteiger partial charge in [-0.3, -0.25) is 52.4 Å². The predicted octanol–water partition coefficient (Wildman–Crippen LogP) is 18.2. The number of pyridine rings is 1. The fourth-order valence-electron chi connectivity index (χ4n) is 23.9. The van der Waals surface area contributed by atoms with Gasteiger partial charge in [0.1, 0.15) is 27.4 Å². The van der Waals surface area contributed by atoms with Gasteiger partial charge in [-0.1, -0.05) is 170 Å². The zero-order valence-corrected chi connectivity index (χ0v) is 72.0. The number of hydrogen-bond acceptors (Lipinski definition) is 11. The van der Waals surface area contributed by atoms with Gasteiger partial charge in [0.25, 0.3) is 48.8 Å². The third-order valence-corrected chi connectivity index (χ3v) is 31.1.